The molecule has 2 heterocycles. The molecule has 2 aromatic heterocycles. The van der Waals surface area contributed by atoms with Gasteiger partial charge in [0.1, 0.15) is 5.75 Å². The summed E-state index contributed by atoms with van der Waals surface area (Å²) < 4.78 is 47.3. The number of alkyl halides is 3. The van der Waals surface area contributed by atoms with Crippen LogP contribution in [0.15, 0.2) is 61.2 Å². The van der Waals surface area contributed by atoms with E-state index in [1.54, 1.807) is 25.7 Å². The molecule has 9 heteroatoms. The van der Waals surface area contributed by atoms with Gasteiger partial charge in [-0.2, -0.15) is 13.2 Å². The number of rotatable bonds is 5. The van der Waals surface area contributed by atoms with Gasteiger partial charge in [0.05, 0.1) is 36.1 Å². The van der Waals surface area contributed by atoms with E-state index in [1.807, 2.05) is 35.9 Å². The Balaban J connectivity index is 1.45. The van der Waals surface area contributed by atoms with Crippen LogP contribution in [-0.2, 0) is 12.6 Å². The van der Waals surface area contributed by atoms with Crippen LogP contribution in [0.4, 0.5) is 24.8 Å². The Morgan fingerprint density at radius 3 is 2.71 bits per heavy atom. The van der Waals surface area contributed by atoms with Gasteiger partial charge in [0, 0.05) is 30.1 Å². The number of benzene rings is 2. The molecule has 1 atom stereocenters. The summed E-state index contributed by atoms with van der Waals surface area (Å²) in [4.78, 5) is 13.5. The predicted octanol–water partition coefficient (Wildman–Crippen LogP) is 6.21. The first-order chi connectivity index (χ1) is 16.8. The van der Waals surface area contributed by atoms with E-state index in [1.165, 1.54) is 12.1 Å². The minimum Gasteiger partial charge on any atom is -0.494 e. The number of hydrogen-bond donors (Lipinski definition) is 1. The third-order valence-corrected chi connectivity index (χ3v) is 6.21. The van der Waals surface area contributed by atoms with Crippen molar-refractivity contribution in [2.24, 2.45) is 0 Å². The van der Waals surface area contributed by atoms with E-state index >= 15 is 0 Å². The van der Waals surface area contributed by atoms with Gasteiger partial charge in [-0.05, 0) is 55.5 Å². The molecule has 0 amide bonds. The van der Waals surface area contributed by atoms with Gasteiger partial charge >= 0.3 is 6.18 Å². The zero-order chi connectivity index (χ0) is 24.6. The number of imidazole rings is 1. The van der Waals surface area contributed by atoms with Crippen molar-refractivity contribution in [1.82, 2.24) is 19.5 Å². The molecule has 4 aromatic rings. The van der Waals surface area contributed by atoms with E-state index in [0.29, 0.717) is 17.3 Å². The molecule has 0 radical (unpaired) electrons. The van der Waals surface area contributed by atoms with Gasteiger partial charge in [-0.15, -0.1) is 0 Å². The van der Waals surface area contributed by atoms with Crippen LogP contribution in [0, 0.1) is 6.92 Å². The van der Waals surface area contributed by atoms with Crippen molar-refractivity contribution >= 4 is 11.6 Å². The number of halogens is 3. The van der Waals surface area contributed by atoms with E-state index in [4.69, 9.17) is 9.72 Å². The number of nitrogens with one attached hydrogen (secondary N) is 1. The third-order valence-electron chi connectivity index (χ3n) is 6.21. The molecule has 180 valence electrons. The predicted molar refractivity (Wildman–Crippen MR) is 126 cm³/mol. The Kier molecular flexibility index (Phi) is 5.92. The number of anilines is 2. The van der Waals surface area contributed by atoms with E-state index in [9.17, 15) is 13.2 Å². The highest BCUT2D eigenvalue weighted by atomic mass is 19.4. The second-order valence-corrected chi connectivity index (χ2v) is 8.61. The Morgan fingerprint density at radius 1 is 1.11 bits per heavy atom. The fourth-order valence-electron chi connectivity index (χ4n) is 4.51. The molecular weight excluding hydrogens is 455 g/mol. The maximum absolute atomic E-state index is 13.3. The molecule has 0 aliphatic heterocycles. The maximum Gasteiger partial charge on any atom is 0.416 e. The molecule has 1 unspecified atom stereocenters. The van der Waals surface area contributed by atoms with E-state index in [0.717, 1.165) is 53.7 Å². The van der Waals surface area contributed by atoms with Gasteiger partial charge in [-0.25, -0.2) is 15.0 Å². The molecule has 1 aliphatic rings. The van der Waals surface area contributed by atoms with Gasteiger partial charge in [-0.1, -0.05) is 18.2 Å². The second-order valence-electron chi connectivity index (χ2n) is 8.61. The smallest absolute Gasteiger partial charge is 0.416 e. The Labute approximate surface area is 200 Å². The first-order valence-electron chi connectivity index (χ1n) is 11.3. The lowest BCUT2D eigenvalue weighted by molar-refractivity contribution is -0.137. The van der Waals surface area contributed by atoms with Crippen molar-refractivity contribution < 1.29 is 17.9 Å². The number of aryl methyl sites for hydroxylation is 2. The number of nitrogens with zero attached hydrogens (tertiary/aromatic N) is 4. The summed E-state index contributed by atoms with van der Waals surface area (Å²) in [5, 5.41) is 3.21. The zero-order valence-electron chi connectivity index (χ0n) is 19.3. The van der Waals surface area contributed by atoms with Crippen LogP contribution in [0.3, 0.4) is 0 Å². The molecule has 0 saturated carbocycles. The molecule has 1 aliphatic carbocycles. The van der Waals surface area contributed by atoms with Crippen LogP contribution >= 0.6 is 0 Å². The topological polar surface area (TPSA) is 64.9 Å². The van der Waals surface area contributed by atoms with Crippen LogP contribution in [-0.4, -0.2) is 26.6 Å². The highest BCUT2D eigenvalue weighted by Crippen LogP contribution is 2.38. The lowest BCUT2D eigenvalue weighted by Crippen LogP contribution is -2.16. The van der Waals surface area contributed by atoms with Crippen LogP contribution in [0.2, 0.25) is 0 Å². The molecular formula is C26H24F3N5O. The average molecular weight is 480 g/mol. The van der Waals surface area contributed by atoms with E-state index in [2.05, 4.69) is 15.3 Å². The summed E-state index contributed by atoms with van der Waals surface area (Å²) in [6.45, 7) is 1.92. The van der Waals surface area contributed by atoms with Crippen molar-refractivity contribution in [2.75, 3.05) is 12.4 Å². The SMILES string of the molecule is COc1cc(Nc2ncc3c(n2)C(c2cccc(C(F)(F)F)c2)CCC3)ccc1-n1cnc(C)c1. The molecule has 0 saturated heterocycles. The van der Waals surface area contributed by atoms with Gasteiger partial charge in [0.2, 0.25) is 5.95 Å². The fourth-order valence-corrected chi connectivity index (χ4v) is 4.51. The Hall–Kier alpha value is -3.88. The third kappa shape index (κ3) is 4.71. The lowest BCUT2D eigenvalue weighted by Gasteiger charge is -2.25. The maximum atomic E-state index is 13.3. The Bertz CT molecular complexity index is 1370. The highest BCUT2D eigenvalue weighted by Gasteiger charge is 2.32. The van der Waals surface area contributed by atoms with Gasteiger partial charge in [-0.3, -0.25) is 0 Å². The number of hydrogen-bond acceptors (Lipinski definition) is 5. The summed E-state index contributed by atoms with van der Waals surface area (Å²) in [5.41, 5.74) is 4.18. The van der Waals surface area contributed by atoms with Gasteiger partial charge in [0.25, 0.3) is 0 Å². The van der Waals surface area contributed by atoms with Crippen LogP contribution in [0.1, 0.15) is 46.8 Å². The van der Waals surface area contributed by atoms with E-state index < -0.39 is 11.7 Å². The normalized spacial score (nSPS) is 15.5. The first-order valence-corrected chi connectivity index (χ1v) is 11.3. The zero-order valence-corrected chi connectivity index (χ0v) is 19.3. The van der Waals surface area contributed by atoms with Crippen molar-refractivity contribution in [3.05, 3.63) is 89.3 Å². The number of methoxy groups -OCH3 is 1. The number of aromatic nitrogens is 4. The summed E-state index contributed by atoms with van der Waals surface area (Å²) in [6.07, 6.45) is 3.43. The monoisotopic (exact) mass is 479 g/mol. The molecule has 0 fully saturated rings. The number of ether oxygens (including phenoxy) is 1. The molecule has 0 bridgehead atoms. The fraction of sp³-hybridized carbons (Fsp3) is 0.269. The molecule has 6 nitrogen and oxygen atoms in total. The van der Waals surface area contributed by atoms with Crippen molar-refractivity contribution in [1.29, 1.82) is 0 Å². The minimum absolute atomic E-state index is 0.217. The molecule has 35 heavy (non-hydrogen) atoms. The quantitative estimate of drug-likeness (QED) is 0.369. The first kappa shape index (κ1) is 22.9. The lowest BCUT2D eigenvalue weighted by atomic mass is 9.82. The second kappa shape index (κ2) is 9.05. The standard InChI is InChI=1S/C26H24F3N5O/c1-16-14-34(15-31-16)22-10-9-20(12-23(22)35-2)32-25-30-13-18-6-4-8-21(24(18)33-25)17-5-3-7-19(11-17)26(27,28)29/h3,5,7,9-15,21H,4,6,8H2,1-2H3,(H,30,32,33). The van der Waals surface area contributed by atoms with Gasteiger partial charge < -0.3 is 14.6 Å². The van der Waals surface area contributed by atoms with E-state index in [-0.39, 0.29) is 5.92 Å². The number of fused-ring (bicyclic) bond motifs is 1. The summed E-state index contributed by atoms with van der Waals surface area (Å²) in [5.74, 6) is 0.814. The summed E-state index contributed by atoms with van der Waals surface area (Å²) >= 11 is 0. The molecule has 1 N–H and O–H groups in total. The average Bonchev–Trinajstić information content (AvgIpc) is 3.29. The van der Waals surface area contributed by atoms with Crippen molar-refractivity contribution in [3.63, 3.8) is 0 Å². The van der Waals surface area contributed by atoms with Gasteiger partial charge in [0.15, 0.2) is 0 Å². The largest absolute Gasteiger partial charge is 0.494 e. The molecule has 5 rings (SSSR count). The minimum atomic E-state index is -4.38. The Morgan fingerprint density at radius 2 is 1.97 bits per heavy atom. The van der Waals surface area contributed by atoms with Crippen molar-refractivity contribution in [3.8, 4) is 11.4 Å². The van der Waals surface area contributed by atoms with Crippen LogP contribution in [0.25, 0.3) is 5.69 Å². The van der Waals surface area contributed by atoms with Crippen LogP contribution in [0.5, 0.6) is 5.75 Å². The summed E-state index contributed by atoms with van der Waals surface area (Å²) in [7, 11) is 1.60. The highest BCUT2D eigenvalue weighted by molar-refractivity contribution is 5.62. The molecule has 2 aromatic carbocycles. The van der Waals surface area contributed by atoms with Crippen LogP contribution < -0.4 is 10.1 Å². The van der Waals surface area contributed by atoms with Crippen molar-refractivity contribution in [2.45, 2.75) is 38.3 Å². The summed E-state index contributed by atoms with van der Waals surface area (Å²) in [6, 6.07) is 11.2. The molecule has 0 spiro atoms.